The fraction of sp³-hybridized carbons (Fsp3) is 0.200. The van der Waals surface area contributed by atoms with Crippen molar-refractivity contribution >= 4 is 35.0 Å². The summed E-state index contributed by atoms with van der Waals surface area (Å²) in [5.41, 5.74) is 1.65. The van der Waals surface area contributed by atoms with Gasteiger partial charge in [0.25, 0.3) is 0 Å². The Hall–Kier alpha value is -3.20. The molecular formula is C20H20FN5O2S. The Labute approximate surface area is 171 Å². The van der Waals surface area contributed by atoms with Crippen molar-refractivity contribution in [2.45, 2.75) is 25.5 Å². The zero-order valence-corrected chi connectivity index (χ0v) is 16.8. The number of aromatic nitrogens is 3. The number of thioether (sulfide) groups is 1. The van der Waals surface area contributed by atoms with Crippen molar-refractivity contribution in [2.75, 3.05) is 16.4 Å². The van der Waals surface area contributed by atoms with E-state index >= 15 is 0 Å². The lowest BCUT2D eigenvalue weighted by Crippen LogP contribution is -2.14. The second-order valence-corrected chi connectivity index (χ2v) is 7.07. The largest absolute Gasteiger partial charge is 0.326 e. The van der Waals surface area contributed by atoms with Crippen molar-refractivity contribution in [3.05, 3.63) is 54.3 Å². The summed E-state index contributed by atoms with van der Waals surface area (Å²) >= 11 is 1.23. The molecule has 9 heteroatoms. The molecule has 29 heavy (non-hydrogen) atoms. The lowest BCUT2D eigenvalue weighted by molar-refractivity contribution is -0.114. The fourth-order valence-electron chi connectivity index (χ4n) is 2.69. The summed E-state index contributed by atoms with van der Waals surface area (Å²) in [5.74, 6) is -0.176. The van der Waals surface area contributed by atoms with Crippen LogP contribution in [0.5, 0.6) is 0 Å². The van der Waals surface area contributed by atoms with Crippen molar-refractivity contribution < 1.29 is 14.0 Å². The van der Waals surface area contributed by atoms with E-state index in [1.54, 1.807) is 47.0 Å². The Bertz CT molecular complexity index is 1020. The predicted molar refractivity (Wildman–Crippen MR) is 111 cm³/mol. The molecule has 0 radical (unpaired) electrons. The number of hydrogen-bond acceptors (Lipinski definition) is 5. The van der Waals surface area contributed by atoms with E-state index < -0.39 is 0 Å². The molecular weight excluding hydrogens is 393 g/mol. The lowest BCUT2D eigenvalue weighted by atomic mass is 10.2. The third-order valence-corrected chi connectivity index (χ3v) is 4.94. The smallest absolute Gasteiger partial charge is 0.234 e. The van der Waals surface area contributed by atoms with E-state index in [2.05, 4.69) is 20.8 Å². The third kappa shape index (κ3) is 5.20. The van der Waals surface area contributed by atoms with Gasteiger partial charge in [-0.25, -0.2) is 4.39 Å². The van der Waals surface area contributed by atoms with E-state index in [0.29, 0.717) is 34.5 Å². The molecule has 7 nitrogen and oxygen atoms in total. The lowest BCUT2D eigenvalue weighted by Gasteiger charge is -2.09. The topological polar surface area (TPSA) is 88.9 Å². The normalized spacial score (nSPS) is 10.6. The highest BCUT2D eigenvalue weighted by molar-refractivity contribution is 7.99. The molecule has 0 saturated heterocycles. The third-order valence-electron chi connectivity index (χ3n) is 3.97. The number of anilines is 2. The number of benzene rings is 2. The van der Waals surface area contributed by atoms with Gasteiger partial charge in [-0.2, -0.15) is 0 Å². The van der Waals surface area contributed by atoms with Crippen LogP contribution in [0.15, 0.2) is 53.7 Å². The maximum absolute atomic E-state index is 14.1. The van der Waals surface area contributed by atoms with Crippen LogP contribution >= 0.6 is 11.8 Å². The summed E-state index contributed by atoms with van der Waals surface area (Å²) in [6.07, 6.45) is 0. The van der Waals surface area contributed by atoms with Crippen LogP contribution in [-0.4, -0.2) is 32.3 Å². The first-order valence-electron chi connectivity index (χ1n) is 8.96. The molecule has 0 aliphatic heterocycles. The number of hydrogen-bond donors (Lipinski definition) is 2. The Morgan fingerprint density at radius 3 is 2.31 bits per heavy atom. The molecule has 1 heterocycles. The fourth-order valence-corrected chi connectivity index (χ4v) is 3.49. The van der Waals surface area contributed by atoms with Crippen molar-refractivity contribution in [1.82, 2.24) is 14.8 Å². The Morgan fingerprint density at radius 2 is 1.69 bits per heavy atom. The van der Waals surface area contributed by atoms with Gasteiger partial charge in [0.05, 0.1) is 11.3 Å². The van der Waals surface area contributed by atoms with Crippen LogP contribution in [0.4, 0.5) is 15.8 Å². The molecule has 0 spiro atoms. The monoisotopic (exact) mass is 413 g/mol. The SMILES string of the molecule is CCn1c(SCC(=O)Nc2ccc(NC(C)=O)cc2)nnc1-c1ccccc1F. The van der Waals surface area contributed by atoms with Gasteiger partial charge in [-0.1, -0.05) is 23.9 Å². The molecule has 0 saturated carbocycles. The number of amides is 2. The van der Waals surface area contributed by atoms with Gasteiger partial charge < -0.3 is 15.2 Å². The summed E-state index contributed by atoms with van der Waals surface area (Å²) in [4.78, 5) is 23.3. The van der Waals surface area contributed by atoms with Crippen molar-refractivity contribution in [3.63, 3.8) is 0 Å². The highest BCUT2D eigenvalue weighted by Crippen LogP contribution is 2.26. The summed E-state index contributed by atoms with van der Waals surface area (Å²) in [5, 5.41) is 14.2. The Balaban J connectivity index is 1.63. The molecule has 3 aromatic rings. The van der Waals surface area contributed by atoms with Crippen LogP contribution in [0.1, 0.15) is 13.8 Å². The van der Waals surface area contributed by atoms with E-state index in [-0.39, 0.29) is 23.4 Å². The first-order chi connectivity index (χ1) is 14.0. The Kier molecular flexibility index (Phi) is 6.61. The van der Waals surface area contributed by atoms with Crippen molar-refractivity contribution in [1.29, 1.82) is 0 Å². The molecule has 2 amide bonds. The average molecular weight is 413 g/mol. The molecule has 0 aliphatic carbocycles. The van der Waals surface area contributed by atoms with E-state index in [0.717, 1.165) is 0 Å². The van der Waals surface area contributed by atoms with Crippen molar-refractivity contribution in [3.8, 4) is 11.4 Å². The minimum Gasteiger partial charge on any atom is -0.326 e. The van der Waals surface area contributed by atoms with E-state index in [4.69, 9.17) is 0 Å². The first kappa shape index (κ1) is 20.5. The van der Waals surface area contributed by atoms with Crippen LogP contribution in [0.25, 0.3) is 11.4 Å². The van der Waals surface area contributed by atoms with Crippen LogP contribution in [0, 0.1) is 5.82 Å². The van der Waals surface area contributed by atoms with E-state index in [1.165, 1.54) is 24.8 Å². The second-order valence-electron chi connectivity index (χ2n) is 6.13. The van der Waals surface area contributed by atoms with Crippen molar-refractivity contribution in [2.24, 2.45) is 0 Å². The maximum Gasteiger partial charge on any atom is 0.234 e. The average Bonchev–Trinajstić information content (AvgIpc) is 3.10. The number of carbonyl (C=O) groups excluding carboxylic acids is 2. The number of nitrogens with one attached hydrogen (secondary N) is 2. The highest BCUT2D eigenvalue weighted by Gasteiger charge is 2.17. The number of rotatable bonds is 7. The van der Waals surface area contributed by atoms with Crippen LogP contribution in [0.2, 0.25) is 0 Å². The molecule has 0 bridgehead atoms. The standard InChI is InChI=1S/C20H20FN5O2S/c1-3-26-19(16-6-4-5-7-17(16)21)24-25-20(26)29-12-18(28)23-15-10-8-14(9-11-15)22-13(2)27/h4-11H,3,12H2,1-2H3,(H,22,27)(H,23,28). The first-order valence-corrected chi connectivity index (χ1v) is 9.95. The van der Waals surface area contributed by atoms with Gasteiger partial charge in [-0.15, -0.1) is 10.2 Å². The maximum atomic E-state index is 14.1. The Morgan fingerprint density at radius 1 is 1.03 bits per heavy atom. The minimum absolute atomic E-state index is 0.128. The van der Waals surface area contributed by atoms with Gasteiger partial charge in [0, 0.05) is 24.8 Å². The number of nitrogens with zero attached hydrogens (tertiary/aromatic N) is 3. The van der Waals surface area contributed by atoms with Crippen LogP contribution < -0.4 is 10.6 Å². The zero-order valence-electron chi connectivity index (χ0n) is 16.0. The quantitative estimate of drug-likeness (QED) is 0.575. The molecule has 0 aliphatic rings. The van der Waals surface area contributed by atoms with Crippen LogP contribution in [-0.2, 0) is 16.1 Å². The number of halogens is 1. The van der Waals surface area contributed by atoms with Gasteiger partial charge in [-0.05, 0) is 43.3 Å². The predicted octanol–water partition coefficient (Wildman–Crippen LogP) is 3.79. The molecule has 1 aromatic heterocycles. The van der Waals surface area contributed by atoms with Gasteiger partial charge in [0.1, 0.15) is 5.82 Å². The summed E-state index contributed by atoms with van der Waals surface area (Å²) in [6.45, 7) is 3.89. The highest BCUT2D eigenvalue weighted by atomic mass is 32.2. The number of carbonyl (C=O) groups is 2. The van der Waals surface area contributed by atoms with Gasteiger partial charge in [-0.3, -0.25) is 9.59 Å². The van der Waals surface area contributed by atoms with Gasteiger partial charge in [0.2, 0.25) is 11.8 Å². The molecule has 3 rings (SSSR count). The molecule has 150 valence electrons. The molecule has 2 N–H and O–H groups in total. The molecule has 0 atom stereocenters. The minimum atomic E-state index is -0.369. The van der Waals surface area contributed by atoms with Gasteiger partial charge >= 0.3 is 0 Å². The molecule has 0 fully saturated rings. The summed E-state index contributed by atoms with van der Waals surface area (Å²) < 4.78 is 15.9. The summed E-state index contributed by atoms with van der Waals surface area (Å²) in [6, 6.07) is 13.2. The van der Waals surface area contributed by atoms with Gasteiger partial charge in [0.15, 0.2) is 11.0 Å². The molecule has 2 aromatic carbocycles. The zero-order chi connectivity index (χ0) is 20.8. The van der Waals surface area contributed by atoms with Crippen LogP contribution in [0.3, 0.4) is 0 Å². The second kappa shape index (κ2) is 9.33. The molecule has 0 unspecified atom stereocenters. The summed E-state index contributed by atoms with van der Waals surface area (Å²) in [7, 11) is 0. The van der Waals surface area contributed by atoms with E-state index in [1.807, 2.05) is 6.92 Å². The van der Waals surface area contributed by atoms with E-state index in [9.17, 15) is 14.0 Å².